The van der Waals surface area contributed by atoms with Crippen LogP contribution in [0, 0.1) is 0 Å². The van der Waals surface area contributed by atoms with E-state index < -0.39 is 5.60 Å². The van der Waals surface area contributed by atoms with Crippen molar-refractivity contribution < 1.29 is 14.3 Å². The first-order chi connectivity index (χ1) is 9.07. The molecule has 2 aromatic heterocycles. The average molecular weight is 260 g/mol. The van der Waals surface area contributed by atoms with Crippen LogP contribution in [0.2, 0.25) is 0 Å². The van der Waals surface area contributed by atoms with E-state index in [-0.39, 0.29) is 12.5 Å². The number of carbonyl (C=O) groups is 1. The van der Waals surface area contributed by atoms with E-state index in [2.05, 4.69) is 10.3 Å². The molecule has 5 nitrogen and oxygen atoms in total. The molecule has 100 valence electrons. The van der Waals surface area contributed by atoms with Crippen molar-refractivity contribution in [2.75, 3.05) is 6.54 Å². The summed E-state index contributed by atoms with van der Waals surface area (Å²) >= 11 is 0. The van der Waals surface area contributed by atoms with Gasteiger partial charge in [-0.2, -0.15) is 0 Å². The number of carbonyl (C=O) groups excluding carboxylic acids is 1. The first-order valence-corrected chi connectivity index (χ1v) is 6.01. The molecule has 0 radical (unpaired) electrons. The normalized spacial score (nSPS) is 13.8. The lowest BCUT2D eigenvalue weighted by Crippen LogP contribution is -2.42. The van der Waals surface area contributed by atoms with Crippen molar-refractivity contribution in [3.8, 4) is 0 Å². The largest absolute Gasteiger partial charge is 0.469 e. The summed E-state index contributed by atoms with van der Waals surface area (Å²) in [7, 11) is 0. The fraction of sp³-hybridized carbons (Fsp3) is 0.286. The van der Waals surface area contributed by atoms with Gasteiger partial charge in [0.25, 0.3) is 5.91 Å². The highest BCUT2D eigenvalue weighted by molar-refractivity contribution is 5.92. The Hall–Kier alpha value is -2.14. The quantitative estimate of drug-likeness (QED) is 0.852. The van der Waals surface area contributed by atoms with Gasteiger partial charge in [-0.05, 0) is 31.2 Å². The predicted octanol–water partition coefficient (Wildman–Crippen LogP) is 1.40. The average Bonchev–Trinajstić information content (AvgIpc) is 2.89. The molecule has 2 aromatic rings. The first-order valence-electron chi connectivity index (χ1n) is 6.01. The second kappa shape index (κ2) is 5.67. The molecule has 0 spiro atoms. The molecule has 2 rings (SSSR count). The molecular formula is C14H16N2O3. The minimum Gasteiger partial charge on any atom is -0.469 e. The molecule has 0 unspecified atom stereocenters. The van der Waals surface area contributed by atoms with Gasteiger partial charge in [0, 0.05) is 19.2 Å². The van der Waals surface area contributed by atoms with Crippen LogP contribution in [0.25, 0.3) is 0 Å². The van der Waals surface area contributed by atoms with E-state index in [1.165, 1.54) is 0 Å². The fourth-order valence-corrected chi connectivity index (χ4v) is 1.71. The molecule has 0 aromatic carbocycles. The van der Waals surface area contributed by atoms with Crippen molar-refractivity contribution in [3.63, 3.8) is 0 Å². The fourth-order valence-electron chi connectivity index (χ4n) is 1.71. The SMILES string of the molecule is C[C@](O)(CNC(=O)c1ccccn1)Cc1ccco1. The Morgan fingerprint density at radius 1 is 1.42 bits per heavy atom. The van der Waals surface area contributed by atoms with Gasteiger partial charge >= 0.3 is 0 Å². The topological polar surface area (TPSA) is 75.4 Å². The number of hydrogen-bond acceptors (Lipinski definition) is 4. The molecular weight excluding hydrogens is 244 g/mol. The zero-order chi connectivity index (χ0) is 13.7. The monoisotopic (exact) mass is 260 g/mol. The van der Waals surface area contributed by atoms with Gasteiger partial charge in [0.05, 0.1) is 11.9 Å². The van der Waals surface area contributed by atoms with E-state index in [9.17, 15) is 9.90 Å². The number of nitrogens with zero attached hydrogens (tertiary/aromatic N) is 1. The molecule has 19 heavy (non-hydrogen) atoms. The van der Waals surface area contributed by atoms with Crippen LogP contribution >= 0.6 is 0 Å². The maximum atomic E-state index is 11.8. The third kappa shape index (κ3) is 3.93. The number of rotatable bonds is 5. The molecule has 0 saturated heterocycles. The van der Waals surface area contributed by atoms with Crippen molar-refractivity contribution in [1.29, 1.82) is 0 Å². The van der Waals surface area contributed by atoms with E-state index in [1.807, 2.05) is 0 Å². The molecule has 0 fully saturated rings. The third-order valence-electron chi connectivity index (χ3n) is 2.66. The Kier molecular flexibility index (Phi) is 3.97. The summed E-state index contributed by atoms with van der Waals surface area (Å²) in [5.74, 6) is 0.373. The van der Waals surface area contributed by atoms with Crippen molar-refractivity contribution in [2.45, 2.75) is 18.9 Å². The van der Waals surface area contributed by atoms with Crippen LogP contribution in [-0.2, 0) is 6.42 Å². The highest BCUT2D eigenvalue weighted by atomic mass is 16.3. The summed E-state index contributed by atoms with van der Waals surface area (Å²) in [6, 6.07) is 8.65. The minimum atomic E-state index is -1.07. The maximum Gasteiger partial charge on any atom is 0.269 e. The number of hydrogen-bond donors (Lipinski definition) is 2. The lowest BCUT2D eigenvalue weighted by molar-refractivity contribution is 0.0509. The Bertz CT molecular complexity index is 521. The zero-order valence-corrected chi connectivity index (χ0v) is 10.7. The number of pyridine rings is 1. The number of aromatic nitrogens is 1. The molecule has 2 heterocycles. The van der Waals surface area contributed by atoms with Gasteiger partial charge in [-0.1, -0.05) is 6.07 Å². The van der Waals surface area contributed by atoms with Crippen molar-refractivity contribution in [1.82, 2.24) is 10.3 Å². The lowest BCUT2D eigenvalue weighted by atomic mass is 10.0. The van der Waals surface area contributed by atoms with Gasteiger partial charge in [0.2, 0.25) is 0 Å². The van der Waals surface area contributed by atoms with Crippen molar-refractivity contribution in [3.05, 3.63) is 54.2 Å². The van der Waals surface area contributed by atoms with E-state index in [0.717, 1.165) is 0 Å². The minimum absolute atomic E-state index is 0.128. The molecule has 0 aliphatic heterocycles. The Morgan fingerprint density at radius 3 is 2.89 bits per heavy atom. The van der Waals surface area contributed by atoms with Gasteiger partial charge in [0.1, 0.15) is 11.5 Å². The van der Waals surface area contributed by atoms with Crippen LogP contribution < -0.4 is 5.32 Å². The second-order valence-corrected chi connectivity index (χ2v) is 4.65. The number of aliphatic hydroxyl groups is 1. The van der Waals surface area contributed by atoms with Gasteiger partial charge < -0.3 is 14.8 Å². The van der Waals surface area contributed by atoms with Gasteiger partial charge in [0.15, 0.2) is 0 Å². The second-order valence-electron chi connectivity index (χ2n) is 4.65. The van der Waals surface area contributed by atoms with Gasteiger partial charge in [-0.3, -0.25) is 9.78 Å². The van der Waals surface area contributed by atoms with E-state index >= 15 is 0 Å². The summed E-state index contributed by atoms with van der Waals surface area (Å²) in [6.45, 7) is 1.78. The molecule has 0 aliphatic rings. The number of amides is 1. The Morgan fingerprint density at radius 2 is 2.26 bits per heavy atom. The molecule has 1 amide bonds. The van der Waals surface area contributed by atoms with E-state index in [1.54, 1.807) is 49.7 Å². The van der Waals surface area contributed by atoms with Crippen LogP contribution in [0.15, 0.2) is 47.2 Å². The van der Waals surface area contributed by atoms with Crippen molar-refractivity contribution in [2.24, 2.45) is 0 Å². The standard InChI is InChI=1S/C14H16N2O3/c1-14(18,9-11-5-4-8-19-11)10-16-13(17)12-6-2-3-7-15-12/h2-8,18H,9-10H2,1H3,(H,16,17)/t14-/m1/s1. The smallest absolute Gasteiger partial charge is 0.269 e. The summed E-state index contributed by atoms with van der Waals surface area (Å²) in [5.41, 5.74) is -0.737. The highest BCUT2D eigenvalue weighted by Crippen LogP contribution is 2.12. The zero-order valence-electron chi connectivity index (χ0n) is 10.7. The molecule has 0 saturated carbocycles. The van der Waals surface area contributed by atoms with Gasteiger partial charge in [-0.25, -0.2) is 0 Å². The van der Waals surface area contributed by atoms with Gasteiger partial charge in [-0.15, -0.1) is 0 Å². The molecule has 0 aliphatic carbocycles. The third-order valence-corrected chi connectivity index (χ3v) is 2.66. The lowest BCUT2D eigenvalue weighted by Gasteiger charge is -2.22. The van der Waals surface area contributed by atoms with E-state index in [4.69, 9.17) is 4.42 Å². The first kappa shape index (κ1) is 13.3. The summed E-state index contributed by atoms with van der Waals surface area (Å²) < 4.78 is 5.18. The summed E-state index contributed by atoms with van der Waals surface area (Å²) in [6.07, 6.45) is 3.44. The molecule has 1 atom stereocenters. The highest BCUT2D eigenvalue weighted by Gasteiger charge is 2.23. The maximum absolute atomic E-state index is 11.8. The van der Waals surface area contributed by atoms with Crippen LogP contribution in [-0.4, -0.2) is 28.1 Å². The van der Waals surface area contributed by atoms with Crippen LogP contribution in [0.1, 0.15) is 23.2 Å². The van der Waals surface area contributed by atoms with Crippen LogP contribution in [0.4, 0.5) is 0 Å². The van der Waals surface area contributed by atoms with E-state index in [0.29, 0.717) is 17.9 Å². The number of nitrogens with one attached hydrogen (secondary N) is 1. The van der Waals surface area contributed by atoms with Crippen LogP contribution in [0.5, 0.6) is 0 Å². The molecule has 0 bridgehead atoms. The summed E-state index contributed by atoms with van der Waals surface area (Å²) in [5, 5.41) is 12.8. The number of furan rings is 1. The Balaban J connectivity index is 1.89. The predicted molar refractivity (Wildman–Crippen MR) is 69.6 cm³/mol. The van der Waals surface area contributed by atoms with Crippen molar-refractivity contribution >= 4 is 5.91 Å². The Labute approximate surface area is 111 Å². The molecule has 2 N–H and O–H groups in total. The molecule has 5 heteroatoms. The summed E-state index contributed by atoms with van der Waals surface area (Å²) in [4.78, 5) is 15.7. The van der Waals surface area contributed by atoms with Crippen LogP contribution in [0.3, 0.4) is 0 Å².